The molecular weight excluding hydrogens is 406 g/mol. The average Bonchev–Trinajstić information content (AvgIpc) is 3.14. The molecule has 0 amide bonds. The number of carbonyl (C=O) groups is 1. The van der Waals surface area contributed by atoms with Crippen molar-refractivity contribution in [1.82, 2.24) is 9.97 Å². The molecule has 1 N–H and O–H groups in total. The van der Waals surface area contributed by atoms with Gasteiger partial charge in [0.15, 0.2) is 16.7 Å². The average molecular weight is 416 g/mol. The monoisotopic (exact) mass is 415 g/mol. The maximum atomic E-state index is 12.2. The smallest absolute Gasteiger partial charge is 0.270 e. The van der Waals surface area contributed by atoms with Crippen LogP contribution in [0.15, 0.2) is 61.5 Å². The van der Waals surface area contributed by atoms with Gasteiger partial charge in [-0.2, -0.15) is 5.26 Å². The predicted octanol–water partition coefficient (Wildman–Crippen LogP) is 3.64. The van der Waals surface area contributed by atoms with Gasteiger partial charge in [0.25, 0.3) is 5.56 Å². The standard InChI is InChI=1S/C17H10BrN3O3S/c18-11-5-3-10(4-6-11)13(22)9-25-17-20-15(14-2-1-7-24-14)12(8-19)16(23)21-17/h1-7H,9H2,(H,20,21,23). The second-order valence-electron chi connectivity index (χ2n) is 4.90. The SMILES string of the molecule is N#Cc1c(-c2ccco2)nc(SCC(=O)c2ccc(Br)cc2)[nH]c1=O. The number of H-pyrrole nitrogens is 1. The van der Waals surface area contributed by atoms with Gasteiger partial charge in [-0.15, -0.1) is 0 Å². The fraction of sp³-hybridized carbons (Fsp3) is 0.0588. The highest BCUT2D eigenvalue weighted by Gasteiger charge is 2.16. The van der Waals surface area contributed by atoms with E-state index in [0.29, 0.717) is 11.3 Å². The third-order valence-electron chi connectivity index (χ3n) is 3.27. The Morgan fingerprint density at radius 2 is 2.08 bits per heavy atom. The van der Waals surface area contributed by atoms with E-state index in [1.165, 1.54) is 6.26 Å². The highest BCUT2D eigenvalue weighted by atomic mass is 79.9. The van der Waals surface area contributed by atoms with Crippen molar-refractivity contribution >= 4 is 33.5 Å². The number of hydrogen-bond acceptors (Lipinski definition) is 6. The van der Waals surface area contributed by atoms with Crippen LogP contribution in [0.4, 0.5) is 0 Å². The highest BCUT2D eigenvalue weighted by molar-refractivity contribution is 9.10. The van der Waals surface area contributed by atoms with Crippen LogP contribution < -0.4 is 5.56 Å². The number of ketones is 1. The molecule has 1 aromatic carbocycles. The van der Waals surface area contributed by atoms with Crippen LogP contribution in [0.25, 0.3) is 11.5 Å². The maximum Gasteiger partial charge on any atom is 0.270 e. The largest absolute Gasteiger partial charge is 0.463 e. The minimum atomic E-state index is -0.567. The molecule has 8 heteroatoms. The summed E-state index contributed by atoms with van der Waals surface area (Å²) in [6.45, 7) is 0. The fourth-order valence-corrected chi connectivity index (χ4v) is 3.09. The van der Waals surface area contributed by atoms with Crippen LogP contribution in [0, 0.1) is 11.3 Å². The summed E-state index contributed by atoms with van der Waals surface area (Å²) < 4.78 is 6.12. The molecule has 0 saturated heterocycles. The van der Waals surface area contributed by atoms with Gasteiger partial charge in [-0.1, -0.05) is 39.8 Å². The molecular formula is C17H10BrN3O3S. The molecule has 6 nitrogen and oxygen atoms in total. The van der Waals surface area contributed by atoms with Gasteiger partial charge in [0.1, 0.15) is 17.3 Å². The van der Waals surface area contributed by atoms with Crippen LogP contribution in [0.3, 0.4) is 0 Å². The number of aromatic amines is 1. The number of nitrogens with one attached hydrogen (secondary N) is 1. The molecule has 0 atom stereocenters. The molecule has 0 fully saturated rings. The zero-order valence-electron chi connectivity index (χ0n) is 12.7. The third kappa shape index (κ3) is 3.90. The lowest BCUT2D eigenvalue weighted by Gasteiger charge is -2.04. The second kappa shape index (κ2) is 7.51. The highest BCUT2D eigenvalue weighted by Crippen LogP contribution is 2.23. The number of nitriles is 1. The van der Waals surface area contributed by atoms with Gasteiger partial charge in [0, 0.05) is 10.0 Å². The lowest BCUT2D eigenvalue weighted by atomic mass is 10.2. The van der Waals surface area contributed by atoms with E-state index in [1.807, 2.05) is 6.07 Å². The van der Waals surface area contributed by atoms with Gasteiger partial charge >= 0.3 is 0 Å². The molecule has 25 heavy (non-hydrogen) atoms. The lowest BCUT2D eigenvalue weighted by molar-refractivity contribution is 0.102. The number of benzene rings is 1. The molecule has 2 heterocycles. The Hall–Kier alpha value is -2.63. The number of hydrogen-bond donors (Lipinski definition) is 1. The number of furan rings is 1. The second-order valence-corrected chi connectivity index (χ2v) is 6.78. The van der Waals surface area contributed by atoms with Gasteiger partial charge in [0.2, 0.25) is 0 Å². The summed E-state index contributed by atoms with van der Waals surface area (Å²) in [5, 5.41) is 9.41. The first kappa shape index (κ1) is 17.2. The third-order valence-corrected chi connectivity index (χ3v) is 4.67. The summed E-state index contributed by atoms with van der Waals surface area (Å²) in [6, 6.07) is 12.1. The molecule has 0 saturated carbocycles. The Morgan fingerprint density at radius 3 is 2.72 bits per heavy atom. The van der Waals surface area contributed by atoms with Crippen molar-refractivity contribution in [2.75, 3.05) is 5.75 Å². The number of nitrogens with zero attached hydrogens (tertiary/aromatic N) is 2. The van der Waals surface area contributed by atoms with Crippen molar-refractivity contribution in [2.45, 2.75) is 5.16 Å². The number of halogens is 1. The summed E-state index contributed by atoms with van der Waals surface area (Å²) in [6.07, 6.45) is 1.43. The van der Waals surface area contributed by atoms with E-state index in [2.05, 4.69) is 25.9 Å². The zero-order valence-corrected chi connectivity index (χ0v) is 15.1. The quantitative estimate of drug-likeness (QED) is 0.387. The van der Waals surface area contributed by atoms with Gasteiger partial charge < -0.3 is 9.40 Å². The van der Waals surface area contributed by atoms with Crippen molar-refractivity contribution in [3.63, 3.8) is 0 Å². The predicted molar refractivity (Wildman–Crippen MR) is 96.5 cm³/mol. The molecule has 2 aromatic heterocycles. The first-order valence-electron chi connectivity index (χ1n) is 7.08. The lowest BCUT2D eigenvalue weighted by Crippen LogP contribution is -2.15. The van der Waals surface area contributed by atoms with E-state index in [0.717, 1.165) is 16.2 Å². The summed E-state index contributed by atoms with van der Waals surface area (Å²) >= 11 is 4.41. The zero-order chi connectivity index (χ0) is 17.8. The van der Waals surface area contributed by atoms with Crippen molar-refractivity contribution < 1.29 is 9.21 Å². The van der Waals surface area contributed by atoms with Crippen LogP contribution in [0.5, 0.6) is 0 Å². The van der Waals surface area contributed by atoms with Crippen LogP contribution in [0.2, 0.25) is 0 Å². The molecule has 0 aliphatic rings. The fourth-order valence-electron chi connectivity index (χ4n) is 2.07. The Labute approximate surface area is 155 Å². The Kier molecular flexibility index (Phi) is 5.16. The maximum absolute atomic E-state index is 12.2. The molecule has 3 aromatic rings. The van der Waals surface area contributed by atoms with Crippen molar-refractivity contribution in [3.8, 4) is 17.5 Å². The normalized spacial score (nSPS) is 10.4. The Bertz CT molecular complexity index is 1010. The van der Waals surface area contributed by atoms with Gasteiger partial charge in [-0.25, -0.2) is 4.98 Å². The number of carbonyl (C=O) groups excluding carboxylic acids is 1. The molecule has 0 spiro atoms. The summed E-state index contributed by atoms with van der Waals surface area (Å²) in [4.78, 5) is 31.1. The van der Waals surface area contributed by atoms with Crippen LogP contribution in [-0.4, -0.2) is 21.5 Å². The van der Waals surface area contributed by atoms with Crippen molar-refractivity contribution in [2.24, 2.45) is 0 Å². The summed E-state index contributed by atoms with van der Waals surface area (Å²) in [5.41, 5.74) is 0.0359. The molecule has 3 rings (SSSR count). The van der Waals surface area contributed by atoms with Gasteiger partial charge in [0.05, 0.1) is 12.0 Å². The summed E-state index contributed by atoms with van der Waals surface area (Å²) in [5.74, 6) is 0.335. The van der Waals surface area contributed by atoms with Gasteiger partial charge in [-0.05, 0) is 24.3 Å². The van der Waals surface area contributed by atoms with Crippen LogP contribution in [0.1, 0.15) is 15.9 Å². The van der Waals surface area contributed by atoms with Crippen molar-refractivity contribution in [1.29, 1.82) is 5.26 Å². The number of aromatic nitrogens is 2. The molecule has 0 aliphatic heterocycles. The molecule has 0 radical (unpaired) electrons. The summed E-state index contributed by atoms with van der Waals surface area (Å²) in [7, 11) is 0. The topological polar surface area (TPSA) is 99.8 Å². The molecule has 124 valence electrons. The van der Waals surface area contributed by atoms with E-state index in [-0.39, 0.29) is 27.9 Å². The van der Waals surface area contributed by atoms with E-state index in [4.69, 9.17) is 9.68 Å². The van der Waals surface area contributed by atoms with Crippen LogP contribution in [-0.2, 0) is 0 Å². The minimum Gasteiger partial charge on any atom is -0.463 e. The Balaban J connectivity index is 1.84. The number of Topliss-reactive ketones (excluding diaryl/α,β-unsaturated/α-hetero) is 1. The van der Waals surface area contributed by atoms with E-state index in [9.17, 15) is 9.59 Å². The minimum absolute atomic E-state index is 0.0935. The van der Waals surface area contributed by atoms with E-state index < -0.39 is 5.56 Å². The molecule has 0 aliphatic carbocycles. The van der Waals surface area contributed by atoms with Crippen molar-refractivity contribution in [3.05, 3.63) is 68.6 Å². The van der Waals surface area contributed by atoms with Gasteiger partial charge in [-0.3, -0.25) is 9.59 Å². The number of rotatable bonds is 5. The molecule has 0 bridgehead atoms. The van der Waals surface area contributed by atoms with E-state index in [1.54, 1.807) is 36.4 Å². The first-order valence-corrected chi connectivity index (χ1v) is 8.86. The molecule has 0 unspecified atom stereocenters. The van der Waals surface area contributed by atoms with Crippen LogP contribution >= 0.6 is 27.7 Å². The number of thioether (sulfide) groups is 1. The van der Waals surface area contributed by atoms with E-state index >= 15 is 0 Å². The first-order chi connectivity index (χ1) is 12.1. The Morgan fingerprint density at radius 1 is 1.32 bits per heavy atom.